The molecule has 104 valence electrons. The van der Waals surface area contributed by atoms with E-state index in [1.165, 1.54) is 53.1 Å². The monoisotopic (exact) mass is 272 g/mol. The Morgan fingerprint density at radius 3 is 2.43 bits per heavy atom. The summed E-state index contributed by atoms with van der Waals surface area (Å²) in [5, 5.41) is 2.79. The molecule has 3 aromatic rings. The summed E-state index contributed by atoms with van der Waals surface area (Å²) in [5.41, 5.74) is 7.32. The minimum Gasteiger partial charge on any atom is -0.0616 e. The second kappa shape index (κ2) is 5.04. The zero-order valence-electron chi connectivity index (χ0n) is 12.5. The van der Waals surface area contributed by atoms with Gasteiger partial charge in [0, 0.05) is 0 Å². The maximum absolute atomic E-state index is 2.42. The lowest BCUT2D eigenvalue weighted by molar-refractivity contribution is 0.688. The molecule has 4 rings (SSSR count). The molecule has 0 amide bonds. The summed E-state index contributed by atoms with van der Waals surface area (Å²) < 4.78 is 0. The van der Waals surface area contributed by atoms with Crippen LogP contribution in [-0.4, -0.2) is 0 Å². The lowest BCUT2D eigenvalue weighted by Gasteiger charge is -2.22. The molecule has 0 aromatic heterocycles. The molecule has 0 radical (unpaired) electrons. The molecular formula is C21H20. The number of fused-ring (bicyclic) bond motifs is 2. The van der Waals surface area contributed by atoms with Crippen LogP contribution >= 0.6 is 0 Å². The van der Waals surface area contributed by atoms with E-state index in [9.17, 15) is 0 Å². The first-order chi connectivity index (χ1) is 10.3. The van der Waals surface area contributed by atoms with Crippen molar-refractivity contribution in [3.8, 4) is 11.1 Å². The van der Waals surface area contributed by atoms with Gasteiger partial charge in [-0.15, -0.1) is 0 Å². The van der Waals surface area contributed by atoms with Gasteiger partial charge in [-0.3, -0.25) is 0 Å². The van der Waals surface area contributed by atoms with Crippen LogP contribution in [0.2, 0.25) is 0 Å². The lowest BCUT2D eigenvalue weighted by Crippen LogP contribution is -2.05. The number of benzene rings is 3. The van der Waals surface area contributed by atoms with Gasteiger partial charge in [0.15, 0.2) is 0 Å². The summed E-state index contributed by atoms with van der Waals surface area (Å²) in [4.78, 5) is 0. The molecule has 1 aliphatic rings. The topological polar surface area (TPSA) is 0 Å². The van der Waals surface area contributed by atoms with Crippen LogP contribution in [0.1, 0.15) is 29.5 Å². The summed E-state index contributed by atoms with van der Waals surface area (Å²) in [6.07, 6.45) is 5.12. The van der Waals surface area contributed by atoms with E-state index in [-0.39, 0.29) is 0 Å². The highest BCUT2D eigenvalue weighted by Gasteiger charge is 2.17. The van der Waals surface area contributed by atoms with E-state index in [1.807, 2.05) is 0 Å². The Morgan fingerprint density at radius 1 is 0.810 bits per heavy atom. The quantitative estimate of drug-likeness (QED) is 0.533. The highest BCUT2D eigenvalue weighted by atomic mass is 14.2. The summed E-state index contributed by atoms with van der Waals surface area (Å²) >= 11 is 0. The second-order valence-electron chi connectivity index (χ2n) is 6.18. The number of hydrogen-bond acceptors (Lipinski definition) is 0. The summed E-state index contributed by atoms with van der Waals surface area (Å²) in [6, 6.07) is 20.3. The molecule has 0 saturated heterocycles. The predicted octanol–water partition coefficient (Wildman–Crippen LogP) is 5.69. The first-order valence-electron chi connectivity index (χ1n) is 7.93. The van der Waals surface area contributed by atoms with Crippen molar-refractivity contribution in [1.29, 1.82) is 0 Å². The minimum atomic E-state index is 1.23. The molecule has 0 unspecified atom stereocenters. The van der Waals surface area contributed by atoms with E-state index in [2.05, 4.69) is 61.5 Å². The fourth-order valence-electron chi connectivity index (χ4n) is 3.62. The van der Waals surface area contributed by atoms with E-state index in [4.69, 9.17) is 0 Å². The Labute approximate surface area is 126 Å². The van der Waals surface area contributed by atoms with Crippen LogP contribution < -0.4 is 0 Å². The predicted molar refractivity (Wildman–Crippen MR) is 90.8 cm³/mol. The normalized spacial score (nSPS) is 14.1. The lowest BCUT2D eigenvalue weighted by atomic mass is 9.82. The van der Waals surface area contributed by atoms with Crippen molar-refractivity contribution in [2.75, 3.05) is 0 Å². The summed E-state index contributed by atoms with van der Waals surface area (Å²) in [7, 11) is 0. The van der Waals surface area contributed by atoms with Crippen molar-refractivity contribution < 1.29 is 0 Å². The maximum Gasteiger partial charge on any atom is -0.00706 e. The minimum absolute atomic E-state index is 1.23. The molecular weight excluding hydrogens is 252 g/mol. The molecule has 1 aliphatic carbocycles. The van der Waals surface area contributed by atoms with Crippen molar-refractivity contribution in [2.24, 2.45) is 0 Å². The number of rotatable bonds is 1. The van der Waals surface area contributed by atoms with Crippen molar-refractivity contribution >= 4 is 10.8 Å². The molecule has 21 heavy (non-hydrogen) atoms. The van der Waals surface area contributed by atoms with Crippen LogP contribution in [-0.2, 0) is 12.8 Å². The molecule has 0 N–H and O–H groups in total. The molecule has 0 bridgehead atoms. The van der Waals surface area contributed by atoms with Crippen LogP contribution in [0.5, 0.6) is 0 Å². The number of aryl methyl sites for hydroxylation is 2. The molecule has 0 aliphatic heterocycles. The van der Waals surface area contributed by atoms with E-state index >= 15 is 0 Å². The highest BCUT2D eigenvalue weighted by molar-refractivity contribution is 5.99. The Bertz CT molecular complexity index is 794. The van der Waals surface area contributed by atoms with Gasteiger partial charge in [0.25, 0.3) is 0 Å². The first kappa shape index (κ1) is 12.6. The SMILES string of the molecule is Cc1ccc(-c2c3c(cc4ccccc24)CCCC3)cc1. The van der Waals surface area contributed by atoms with E-state index in [0.29, 0.717) is 0 Å². The highest BCUT2D eigenvalue weighted by Crippen LogP contribution is 2.38. The molecule has 0 fully saturated rings. The average molecular weight is 272 g/mol. The molecule has 0 spiro atoms. The van der Waals surface area contributed by atoms with Crippen LogP contribution in [0.25, 0.3) is 21.9 Å². The average Bonchev–Trinajstić information content (AvgIpc) is 2.53. The standard InChI is InChI=1S/C21H20/c1-15-10-12-16(13-11-15)21-19-8-4-2-6-17(19)14-18-7-3-5-9-20(18)21/h2,4,6,8,10-14H,3,5,7,9H2,1H3. The van der Waals surface area contributed by atoms with Gasteiger partial charge < -0.3 is 0 Å². The van der Waals surface area contributed by atoms with Gasteiger partial charge in [0.1, 0.15) is 0 Å². The Morgan fingerprint density at radius 2 is 1.57 bits per heavy atom. The van der Waals surface area contributed by atoms with Crippen LogP contribution in [0.15, 0.2) is 54.6 Å². The molecule has 0 heteroatoms. The van der Waals surface area contributed by atoms with Gasteiger partial charge in [0.05, 0.1) is 0 Å². The third-order valence-corrected chi connectivity index (χ3v) is 4.71. The molecule has 0 atom stereocenters. The van der Waals surface area contributed by atoms with Crippen molar-refractivity contribution in [3.05, 3.63) is 71.3 Å². The Hall–Kier alpha value is -2.08. The molecule has 0 heterocycles. The molecule has 3 aromatic carbocycles. The maximum atomic E-state index is 2.42. The van der Waals surface area contributed by atoms with Gasteiger partial charge in [0.2, 0.25) is 0 Å². The zero-order valence-corrected chi connectivity index (χ0v) is 12.5. The second-order valence-corrected chi connectivity index (χ2v) is 6.18. The van der Waals surface area contributed by atoms with Gasteiger partial charge in [-0.1, -0.05) is 60.2 Å². The van der Waals surface area contributed by atoms with Gasteiger partial charge in [-0.25, -0.2) is 0 Å². The van der Waals surface area contributed by atoms with Crippen LogP contribution in [0.4, 0.5) is 0 Å². The smallest absolute Gasteiger partial charge is 0.00706 e. The number of hydrogen-bond donors (Lipinski definition) is 0. The molecule has 0 nitrogen and oxygen atoms in total. The zero-order chi connectivity index (χ0) is 14.2. The van der Waals surface area contributed by atoms with Crippen molar-refractivity contribution in [1.82, 2.24) is 0 Å². The van der Waals surface area contributed by atoms with E-state index in [1.54, 1.807) is 11.1 Å². The van der Waals surface area contributed by atoms with Gasteiger partial charge >= 0.3 is 0 Å². The molecule has 0 saturated carbocycles. The third kappa shape index (κ3) is 2.15. The van der Waals surface area contributed by atoms with E-state index in [0.717, 1.165) is 0 Å². The third-order valence-electron chi connectivity index (χ3n) is 4.71. The van der Waals surface area contributed by atoms with Crippen LogP contribution in [0.3, 0.4) is 0 Å². The van der Waals surface area contributed by atoms with Gasteiger partial charge in [-0.2, -0.15) is 0 Å². The van der Waals surface area contributed by atoms with E-state index < -0.39 is 0 Å². The van der Waals surface area contributed by atoms with Crippen molar-refractivity contribution in [3.63, 3.8) is 0 Å². The largest absolute Gasteiger partial charge is 0.0616 e. The van der Waals surface area contributed by atoms with Crippen molar-refractivity contribution in [2.45, 2.75) is 32.6 Å². The Kier molecular flexibility index (Phi) is 3.03. The summed E-state index contributed by atoms with van der Waals surface area (Å²) in [6.45, 7) is 2.16. The fraction of sp³-hybridized carbons (Fsp3) is 0.238. The first-order valence-corrected chi connectivity index (χ1v) is 7.93. The fourth-order valence-corrected chi connectivity index (χ4v) is 3.62. The summed E-state index contributed by atoms with van der Waals surface area (Å²) in [5.74, 6) is 0. The Balaban J connectivity index is 2.07. The van der Waals surface area contributed by atoms with Crippen LogP contribution in [0, 0.1) is 6.92 Å². The van der Waals surface area contributed by atoms with Gasteiger partial charge in [-0.05, 0) is 65.6 Å².